The van der Waals surface area contributed by atoms with Crippen LogP contribution >= 0.6 is 0 Å². The Morgan fingerprint density at radius 2 is 2.12 bits per heavy atom. The van der Waals surface area contributed by atoms with E-state index in [1.54, 1.807) is 7.11 Å². The second-order valence-electron chi connectivity index (χ2n) is 7.43. The third-order valence-corrected chi connectivity index (χ3v) is 5.67. The maximum atomic E-state index is 12.7. The molecule has 1 aliphatic heterocycles. The fourth-order valence-corrected chi connectivity index (χ4v) is 3.97. The zero-order valence-electron chi connectivity index (χ0n) is 15.9. The molecule has 0 aromatic heterocycles. The predicted molar refractivity (Wildman–Crippen MR) is 101 cm³/mol. The number of ether oxygens (including phenoxy) is 1. The van der Waals surface area contributed by atoms with Crippen molar-refractivity contribution in [1.29, 1.82) is 0 Å². The lowest BCUT2D eigenvalue weighted by molar-refractivity contribution is -0.138. The van der Waals surface area contributed by atoms with Gasteiger partial charge in [-0.3, -0.25) is 9.59 Å². The monoisotopic (exact) mass is 358 g/mol. The summed E-state index contributed by atoms with van der Waals surface area (Å²) < 4.78 is 5.22. The van der Waals surface area contributed by atoms with Crippen LogP contribution in [0.15, 0.2) is 24.3 Å². The van der Waals surface area contributed by atoms with Gasteiger partial charge in [-0.05, 0) is 56.2 Å². The molecule has 2 fully saturated rings. The molecular weight excluding hydrogens is 328 g/mol. The van der Waals surface area contributed by atoms with Gasteiger partial charge in [-0.1, -0.05) is 19.1 Å². The lowest BCUT2D eigenvalue weighted by atomic mass is 9.99. The molecule has 1 aromatic rings. The highest BCUT2D eigenvalue weighted by Crippen LogP contribution is 2.41. The molecule has 0 spiro atoms. The van der Waals surface area contributed by atoms with Crippen LogP contribution in [-0.2, 0) is 16.0 Å². The van der Waals surface area contributed by atoms with Crippen LogP contribution < -0.4 is 10.1 Å². The average molecular weight is 358 g/mol. The third-order valence-electron chi connectivity index (χ3n) is 5.67. The van der Waals surface area contributed by atoms with Gasteiger partial charge in [0, 0.05) is 19.1 Å². The summed E-state index contributed by atoms with van der Waals surface area (Å²) in [7, 11) is 1.65. The summed E-state index contributed by atoms with van der Waals surface area (Å²) in [6.45, 7) is 3.59. The number of rotatable bonds is 7. The molecular formula is C21H30N2O3. The molecule has 1 saturated carbocycles. The van der Waals surface area contributed by atoms with E-state index in [2.05, 4.69) is 12.2 Å². The van der Waals surface area contributed by atoms with Gasteiger partial charge in [-0.25, -0.2) is 0 Å². The highest BCUT2D eigenvalue weighted by Gasteiger charge is 2.50. The number of carbonyl (C=O) groups is 2. The molecule has 1 N–H and O–H groups in total. The Labute approximate surface area is 156 Å². The molecule has 0 radical (unpaired) electrons. The number of carbonyl (C=O) groups excluding carboxylic acids is 2. The smallest absolute Gasteiger partial charge is 0.226 e. The molecule has 26 heavy (non-hydrogen) atoms. The number of methoxy groups -OCH3 is 1. The van der Waals surface area contributed by atoms with E-state index in [4.69, 9.17) is 4.74 Å². The van der Waals surface area contributed by atoms with E-state index in [9.17, 15) is 9.59 Å². The van der Waals surface area contributed by atoms with Crippen molar-refractivity contribution in [3.8, 4) is 5.75 Å². The first-order valence-corrected chi connectivity index (χ1v) is 9.85. The Bertz CT molecular complexity index is 646. The van der Waals surface area contributed by atoms with Gasteiger partial charge in [-0.2, -0.15) is 0 Å². The van der Waals surface area contributed by atoms with E-state index in [0.29, 0.717) is 19.0 Å². The second kappa shape index (κ2) is 8.56. The van der Waals surface area contributed by atoms with Crippen molar-refractivity contribution >= 4 is 11.8 Å². The van der Waals surface area contributed by atoms with Gasteiger partial charge < -0.3 is 15.0 Å². The molecule has 142 valence electrons. The summed E-state index contributed by atoms with van der Waals surface area (Å²) in [6, 6.07) is 8.24. The largest absolute Gasteiger partial charge is 0.497 e. The van der Waals surface area contributed by atoms with E-state index >= 15 is 0 Å². The molecule has 2 aliphatic rings. The van der Waals surface area contributed by atoms with Crippen molar-refractivity contribution in [2.75, 3.05) is 20.2 Å². The minimum absolute atomic E-state index is 0.0244. The van der Waals surface area contributed by atoms with Crippen molar-refractivity contribution < 1.29 is 14.3 Å². The van der Waals surface area contributed by atoms with Crippen molar-refractivity contribution in [2.45, 2.75) is 51.5 Å². The average Bonchev–Trinajstić information content (AvgIpc) is 3.48. The van der Waals surface area contributed by atoms with Gasteiger partial charge in [0.25, 0.3) is 0 Å². The minimum atomic E-state index is -0.132. The second-order valence-corrected chi connectivity index (χ2v) is 7.43. The standard InChI is InChI=1S/C21H30N2O3/c1-3-16-8-4-5-12-23(16)21(25)19-14-18(19)20(24)22-11-10-15-7-6-9-17(13-15)26-2/h6-7,9,13,16,18-19H,3-5,8,10-12,14H2,1-2H3,(H,22,24). The van der Waals surface area contributed by atoms with E-state index in [1.165, 1.54) is 6.42 Å². The maximum absolute atomic E-state index is 12.7. The fourth-order valence-electron chi connectivity index (χ4n) is 3.97. The molecule has 1 saturated heterocycles. The predicted octanol–water partition coefficient (Wildman–Crippen LogP) is 2.78. The Morgan fingerprint density at radius 3 is 2.88 bits per heavy atom. The highest BCUT2D eigenvalue weighted by atomic mass is 16.5. The van der Waals surface area contributed by atoms with Gasteiger partial charge in [0.05, 0.1) is 18.9 Å². The zero-order valence-corrected chi connectivity index (χ0v) is 15.9. The van der Waals surface area contributed by atoms with E-state index in [-0.39, 0.29) is 23.7 Å². The number of nitrogens with zero attached hydrogens (tertiary/aromatic N) is 1. The van der Waals surface area contributed by atoms with Crippen molar-refractivity contribution in [2.24, 2.45) is 11.8 Å². The minimum Gasteiger partial charge on any atom is -0.497 e. The van der Waals surface area contributed by atoms with Crippen LogP contribution in [-0.4, -0.2) is 43.0 Å². The van der Waals surface area contributed by atoms with Crippen LogP contribution in [0.4, 0.5) is 0 Å². The summed E-state index contributed by atoms with van der Waals surface area (Å²) in [5, 5.41) is 2.99. The molecule has 5 heteroatoms. The van der Waals surface area contributed by atoms with Crippen LogP contribution in [0.1, 0.15) is 44.6 Å². The fraction of sp³-hybridized carbons (Fsp3) is 0.619. The Kier molecular flexibility index (Phi) is 6.17. The molecule has 3 atom stereocenters. The van der Waals surface area contributed by atoms with Crippen molar-refractivity contribution in [3.05, 3.63) is 29.8 Å². The third kappa shape index (κ3) is 4.37. The number of nitrogens with one attached hydrogen (secondary N) is 1. The first kappa shape index (κ1) is 18.7. The topological polar surface area (TPSA) is 58.6 Å². The number of hydrogen-bond acceptors (Lipinski definition) is 3. The van der Waals surface area contributed by atoms with Gasteiger partial charge in [0.1, 0.15) is 5.75 Å². The van der Waals surface area contributed by atoms with Crippen LogP contribution in [0.3, 0.4) is 0 Å². The van der Waals surface area contributed by atoms with Crippen LogP contribution in [0.5, 0.6) is 5.75 Å². The molecule has 1 heterocycles. The molecule has 3 unspecified atom stereocenters. The number of amides is 2. The quantitative estimate of drug-likeness (QED) is 0.815. The summed E-state index contributed by atoms with van der Waals surface area (Å²) in [4.78, 5) is 27.1. The molecule has 1 aromatic carbocycles. The molecule has 0 bridgehead atoms. The molecule has 2 amide bonds. The van der Waals surface area contributed by atoms with E-state index < -0.39 is 0 Å². The first-order chi connectivity index (χ1) is 12.6. The van der Waals surface area contributed by atoms with Crippen molar-refractivity contribution in [1.82, 2.24) is 10.2 Å². The van der Waals surface area contributed by atoms with E-state index in [0.717, 1.165) is 43.5 Å². The summed E-state index contributed by atoms with van der Waals surface area (Å²) in [5.74, 6) is 0.820. The van der Waals surface area contributed by atoms with Gasteiger partial charge >= 0.3 is 0 Å². The Balaban J connectivity index is 1.44. The maximum Gasteiger partial charge on any atom is 0.226 e. The van der Waals surface area contributed by atoms with Crippen LogP contribution in [0, 0.1) is 11.8 Å². The Morgan fingerprint density at radius 1 is 1.27 bits per heavy atom. The lowest BCUT2D eigenvalue weighted by Gasteiger charge is -2.35. The Hall–Kier alpha value is -2.04. The summed E-state index contributed by atoms with van der Waals surface area (Å²) >= 11 is 0. The SMILES string of the molecule is CCC1CCCCN1C(=O)C1CC1C(=O)NCCc1cccc(OC)c1. The summed E-state index contributed by atoms with van der Waals surface area (Å²) in [6.07, 6.45) is 5.88. The lowest BCUT2D eigenvalue weighted by Crippen LogP contribution is -2.44. The normalized spacial score (nSPS) is 24.8. The van der Waals surface area contributed by atoms with Crippen molar-refractivity contribution in [3.63, 3.8) is 0 Å². The van der Waals surface area contributed by atoms with Gasteiger partial charge in [0.15, 0.2) is 0 Å². The number of benzene rings is 1. The summed E-state index contributed by atoms with van der Waals surface area (Å²) in [5.41, 5.74) is 1.13. The first-order valence-electron chi connectivity index (χ1n) is 9.85. The van der Waals surface area contributed by atoms with Crippen LogP contribution in [0.25, 0.3) is 0 Å². The number of piperidine rings is 1. The van der Waals surface area contributed by atoms with Crippen LogP contribution in [0.2, 0.25) is 0 Å². The van der Waals surface area contributed by atoms with E-state index in [1.807, 2.05) is 29.2 Å². The molecule has 5 nitrogen and oxygen atoms in total. The zero-order chi connectivity index (χ0) is 18.5. The highest BCUT2D eigenvalue weighted by molar-refractivity contribution is 5.92. The van der Waals surface area contributed by atoms with Gasteiger partial charge in [0.2, 0.25) is 11.8 Å². The molecule has 1 aliphatic carbocycles. The number of hydrogen-bond donors (Lipinski definition) is 1. The van der Waals surface area contributed by atoms with Gasteiger partial charge in [-0.15, -0.1) is 0 Å². The molecule has 3 rings (SSSR count). The number of likely N-dealkylation sites (tertiary alicyclic amines) is 1.